The summed E-state index contributed by atoms with van der Waals surface area (Å²) in [5.41, 5.74) is 2.02. The van der Waals surface area contributed by atoms with Crippen LogP contribution in [0.2, 0.25) is 0 Å². The first-order valence-corrected chi connectivity index (χ1v) is 6.49. The zero-order valence-corrected chi connectivity index (χ0v) is 12.3. The SMILES string of the molecule is CN[C@H]1CCCN(C(=O)Nc2cccc(C)c2)C1.Cl. The lowest BCUT2D eigenvalue weighted by Gasteiger charge is -2.32. The van der Waals surface area contributed by atoms with E-state index in [2.05, 4.69) is 10.6 Å². The number of hydrogen-bond donors (Lipinski definition) is 2. The highest BCUT2D eigenvalue weighted by atomic mass is 35.5. The van der Waals surface area contributed by atoms with Gasteiger partial charge in [0.1, 0.15) is 0 Å². The molecule has 1 aliphatic heterocycles. The van der Waals surface area contributed by atoms with Crippen LogP contribution in [0.1, 0.15) is 18.4 Å². The highest BCUT2D eigenvalue weighted by Gasteiger charge is 2.22. The number of piperidine rings is 1. The molecule has 1 fully saturated rings. The van der Waals surface area contributed by atoms with E-state index < -0.39 is 0 Å². The van der Waals surface area contributed by atoms with E-state index in [1.807, 2.05) is 43.1 Å². The molecule has 0 spiro atoms. The van der Waals surface area contributed by atoms with Crippen molar-refractivity contribution < 1.29 is 4.79 Å². The Balaban J connectivity index is 0.00000180. The number of amides is 2. The minimum absolute atomic E-state index is 0. The van der Waals surface area contributed by atoms with Crippen LogP contribution in [0.15, 0.2) is 24.3 Å². The van der Waals surface area contributed by atoms with E-state index in [1.54, 1.807) is 0 Å². The molecule has 0 aliphatic carbocycles. The fourth-order valence-electron chi connectivity index (χ4n) is 2.32. The first kappa shape index (κ1) is 15.8. The number of anilines is 1. The summed E-state index contributed by atoms with van der Waals surface area (Å²) in [4.78, 5) is 14.0. The van der Waals surface area contributed by atoms with Crippen LogP contribution in [-0.2, 0) is 0 Å². The molecule has 1 aromatic carbocycles. The summed E-state index contributed by atoms with van der Waals surface area (Å²) in [6, 6.07) is 8.30. The Kier molecular flexibility index (Phi) is 6.12. The predicted octanol–water partition coefficient (Wildman–Crippen LogP) is 2.63. The first-order valence-electron chi connectivity index (χ1n) is 6.49. The zero-order valence-electron chi connectivity index (χ0n) is 11.5. The normalized spacial score (nSPS) is 18.6. The second kappa shape index (κ2) is 7.36. The van der Waals surface area contributed by atoms with Crippen molar-refractivity contribution in [3.63, 3.8) is 0 Å². The van der Waals surface area contributed by atoms with Gasteiger partial charge in [-0.05, 0) is 44.5 Å². The monoisotopic (exact) mass is 283 g/mol. The zero-order chi connectivity index (χ0) is 13.0. The van der Waals surface area contributed by atoms with E-state index >= 15 is 0 Å². The fourth-order valence-corrected chi connectivity index (χ4v) is 2.32. The van der Waals surface area contributed by atoms with E-state index in [4.69, 9.17) is 0 Å². The highest BCUT2D eigenvalue weighted by molar-refractivity contribution is 5.89. The Morgan fingerprint density at radius 2 is 2.21 bits per heavy atom. The number of aryl methyl sites for hydroxylation is 1. The van der Waals surface area contributed by atoms with Gasteiger partial charge in [0.2, 0.25) is 0 Å². The Hall–Kier alpha value is -1.26. The van der Waals surface area contributed by atoms with Crippen molar-refractivity contribution in [2.45, 2.75) is 25.8 Å². The molecule has 0 aromatic heterocycles. The van der Waals surface area contributed by atoms with E-state index in [0.717, 1.165) is 37.2 Å². The van der Waals surface area contributed by atoms with E-state index in [9.17, 15) is 4.79 Å². The van der Waals surface area contributed by atoms with Crippen LogP contribution in [0.4, 0.5) is 10.5 Å². The highest BCUT2D eigenvalue weighted by Crippen LogP contribution is 2.14. The maximum atomic E-state index is 12.1. The number of benzene rings is 1. The number of rotatable bonds is 2. The van der Waals surface area contributed by atoms with Crippen molar-refractivity contribution in [3.05, 3.63) is 29.8 Å². The van der Waals surface area contributed by atoms with Gasteiger partial charge >= 0.3 is 6.03 Å². The molecule has 2 amide bonds. The van der Waals surface area contributed by atoms with Crippen molar-refractivity contribution in [1.82, 2.24) is 10.2 Å². The largest absolute Gasteiger partial charge is 0.323 e. The van der Waals surface area contributed by atoms with Crippen molar-refractivity contribution in [2.24, 2.45) is 0 Å². The van der Waals surface area contributed by atoms with E-state index in [0.29, 0.717) is 6.04 Å². The standard InChI is InChI=1S/C14H21N3O.ClH/c1-11-5-3-6-12(9-11)16-14(18)17-8-4-7-13(10-17)15-2;/h3,5-6,9,13,15H,4,7-8,10H2,1-2H3,(H,16,18);1H/t13-;/m0./s1. The second-order valence-electron chi connectivity index (χ2n) is 4.87. The van der Waals surface area contributed by atoms with Crippen LogP contribution in [0.25, 0.3) is 0 Å². The van der Waals surface area contributed by atoms with Gasteiger partial charge in [0.15, 0.2) is 0 Å². The minimum Gasteiger partial charge on any atom is -0.323 e. The molecule has 0 bridgehead atoms. The molecule has 1 heterocycles. The van der Waals surface area contributed by atoms with Crippen LogP contribution in [0, 0.1) is 6.92 Å². The van der Waals surface area contributed by atoms with Crippen molar-refractivity contribution in [3.8, 4) is 0 Å². The summed E-state index contributed by atoms with van der Waals surface area (Å²) < 4.78 is 0. The summed E-state index contributed by atoms with van der Waals surface area (Å²) in [6.45, 7) is 3.65. The third-order valence-electron chi connectivity index (χ3n) is 3.39. The third-order valence-corrected chi connectivity index (χ3v) is 3.39. The van der Waals surface area contributed by atoms with E-state index in [-0.39, 0.29) is 18.4 Å². The van der Waals surface area contributed by atoms with Gasteiger partial charge in [0.25, 0.3) is 0 Å². The van der Waals surface area contributed by atoms with Crippen LogP contribution in [0.3, 0.4) is 0 Å². The van der Waals surface area contributed by atoms with Crippen LogP contribution in [-0.4, -0.2) is 37.1 Å². The summed E-state index contributed by atoms with van der Waals surface area (Å²) in [5.74, 6) is 0. The minimum atomic E-state index is 0. The molecule has 1 aliphatic rings. The molecular weight excluding hydrogens is 262 g/mol. The van der Waals surface area contributed by atoms with Crippen molar-refractivity contribution in [1.29, 1.82) is 0 Å². The maximum absolute atomic E-state index is 12.1. The number of likely N-dealkylation sites (tertiary alicyclic amines) is 1. The van der Waals surface area contributed by atoms with Gasteiger partial charge in [-0.3, -0.25) is 0 Å². The summed E-state index contributed by atoms with van der Waals surface area (Å²) in [6.07, 6.45) is 2.21. The number of urea groups is 1. The van der Waals surface area contributed by atoms with Gasteiger partial charge < -0.3 is 15.5 Å². The third kappa shape index (κ3) is 4.40. The lowest BCUT2D eigenvalue weighted by atomic mass is 10.1. The van der Waals surface area contributed by atoms with Gasteiger partial charge in [0, 0.05) is 24.8 Å². The van der Waals surface area contributed by atoms with Gasteiger partial charge in [-0.15, -0.1) is 12.4 Å². The molecule has 0 unspecified atom stereocenters. The maximum Gasteiger partial charge on any atom is 0.321 e. The number of likely N-dealkylation sites (N-methyl/N-ethyl adjacent to an activating group) is 1. The van der Waals surface area contributed by atoms with Gasteiger partial charge in [0.05, 0.1) is 0 Å². The summed E-state index contributed by atoms with van der Waals surface area (Å²) in [5, 5.41) is 6.20. The fraction of sp³-hybridized carbons (Fsp3) is 0.500. The summed E-state index contributed by atoms with van der Waals surface area (Å²) >= 11 is 0. The molecule has 5 heteroatoms. The number of nitrogens with zero attached hydrogens (tertiary/aromatic N) is 1. The van der Waals surface area contributed by atoms with Crippen molar-refractivity contribution >= 4 is 24.1 Å². The topological polar surface area (TPSA) is 44.4 Å². The van der Waals surface area contributed by atoms with Gasteiger partial charge in [-0.2, -0.15) is 0 Å². The molecule has 4 nitrogen and oxygen atoms in total. The lowest BCUT2D eigenvalue weighted by molar-refractivity contribution is 0.187. The number of halogens is 1. The quantitative estimate of drug-likeness (QED) is 0.876. The molecule has 19 heavy (non-hydrogen) atoms. The molecule has 0 radical (unpaired) electrons. The number of carbonyl (C=O) groups excluding carboxylic acids is 1. The molecule has 0 saturated carbocycles. The molecule has 1 saturated heterocycles. The van der Waals surface area contributed by atoms with Crippen LogP contribution >= 0.6 is 12.4 Å². The Bertz CT molecular complexity index is 425. The second-order valence-corrected chi connectivity index (χ2v) is 4.87. The Morgan fingerprint density at radius 1 is 1.42 bits per heavy atom. The molecular formula is C14H22ClN3O. The number of carbonyl (C=O) groups is 1. The average molecular weight is 284 g/mol. The lowest BCUT2D eigenvalue weighted by Crippen LogP contribution is -2.48. The van der Waals surface area contributed by atoms with Crippen LogP contribution < -0.4 is 10.6 Å². The average Bonchev–Trinajstić information content (AvgIpc) is 2.39. The molecule has 106 valence electrons. The number of hydrogen-bond acceptors (Lipinski definition) is 2. The first-order chi connectivity index (χ1) is 8.69. The van der Waals surface area contributed by atoms with Gasteiger partial charge in [-0.25, -0.2) is 4.79 Å². The predicted molar refractivity (Wildman–Crippen MR) is 81.1 cm³/mol. The smallest absolute Gasteiger partial charge is 0.321 e. The Labute approximate surface area is 121 Å². The summed E-state index contributed by atoms with van der Waals surface area (Å²) in [7, 11) is 1.95. The number of nitrogens with one attached hydrogen (secondary N) is 2. The van der Waals surface area contributed by atoms with Gasteiger partial charge in [-0.1, -0.05) is 12.1 Å². The molecule has 1 aromatic rings. The molecule has 2 rings (SSSR count). The van der Waals surface area contributed by atoms with Crippen LogP contribution in [0.5, 0.6) is 0 Å². The molecule has 2 N–H and O–H groups in total. The van der Waals surface area contributed by atoms with Crippen molar-refractivity contribution in [2.75, 3.05) is 25.5 Å². The molecule has 1 atom stereocenters. The van der Waals surface area contributed by atoms with E-state index in [1.165, 1.54) is 0 Å². The Morgan fingerprint density at radius 3 is 2.89 bits per heavy atom.